The molecule has 0 saturated carbocycles. The molecule has 0 unspecified atom stereocenters. The molecular weight excluding hydrogens is 274 g/mol. The van der Waals surface area contributed by atoms with Gasteiger partial charge >= 0.3 is 0 Å². The van der Waals surface area contributed by atoms with Gasteiger partial charge in [-0.25, -0.2) is 0 Å². The van der Waals surface area contributed by atoms with Crippen molar-refractivity contribution in [2.75, 3.05) is 7.05 Å². The molecule has 116 valence electrons. The van der Waals surface area contributed by atoms with Crippen LogP contribution in [0.5, 0.6) is 11.5 Å². The predicted octanol–water partition coefficient (Wildman–Crippen LogP) is 4.74. The van der Waals surface area contributed by atoms with Crippen LogP contribution >= 0.6 is 0 Å². The number of carbonyl (C=O) groups excluding carboxylic acids is 1. The van der Waals surface area contributed by atoms with Crippen molar-refractivity contribution in [2.24, 2.45) is 0 Å². The lowest BCUT2D eigenvalue weighted by Crippen LogP contribution is -2.17. The molecule has 2 aromatic rings. The normalized spacial score (nSPS) is 10.5. The molecule has 0 aliphatic carbocycles. The second-order valence-corrected chi connectivity index (χ2v) is 5.29. The van der Waals surface area contributed by atoms with Crippen LogP contribution in [0.15, 0.2) is 48.5 Å². The van der Waals surface area contributed by atoms with Crippen molar-refractivity contribution in [3.63, 3.8) is 0 Å². The van der Waals surface area contributed by atoms with Crippen LogP contribution in [0.4, 0.5) is 0 Å². The zero-order valence-electron chi connectivity index (χ0n) is 13.4. The zero-order chi connectivity index (χ0) is 15.9. The van der Waals surface area contributed by atoms with Crippen molar-refractivity contribution in [3.05, 3.63) is 59.7 Å². The first kappa shape index (κ1) is 16.1. The van der Waals surface area contributed by atoms with Crippen LogP contribution in [-0.4, -0.2) is 13.0 Å². The first-order valence-corrected chi connectivity index (χ1v) is 7.77. The summed E-state index contributed by atoms with van der Waals surface area (Å²) in [6, 6.07) is 15.4. The summed E-state index contributed by atoms with van der Waals surface area (Å²) in [4.78, 5) is 11.5. The third kappa shape index (κ3) is 3.88. The fourth-order valence-corrected chi connectivity index (χ4v) is 2.52. The molecular formula is C19H23NO2. The van der Waals surface area contributed by atoms with Gasteiger partial charge in [0.15, 0.2) is 0 Å². The number of ether oxygens (including phenoxy) is 1. The monoisotopic (exact) mass is 297 g/mol. The maximum absolute atomic E-state index is 11.5. The van der Waals surface area contributed by atoms with Crippen LogP contribution in [0.2, 0.25) is 0 Å². The Morgan fingerprint density at radius 3 is 1.91 bits per heavy atom. The third-order valence-corrected chi connectivity index (χ3v) is 3.92. The smallest absolute Gasteiger partial charge is 0.251 e. The number of carbonyl (C=O) groups is 1. The molecule has 0 fully saturated rings. The number of hydrogen-bond donors (Lipinski definition) is 1. The Morgan fingerprint density at radius 1 is 0.955 bits per heavy atom. The lowest BCUT2D eigenvalue weighted by atomic mass is 9.94. The maximum Gasteiger partial charge on any atom is 0.251 e. The highest BCUT2D eigenvalue weighted by Gasteiger charge is 2.07. The van der Waals surface area contributed by atoms with Crippen molar-refractivity contribution < 1.29 is 9.53 Å². The van der Waals surface area contributed by atoms with Crippen LogP contribution in [-0.2, 0) is 0 Å². The number of hydrogen-bond acceptors (Lipinski definition) is 2. The molecule has 0 saturated heterocycles. The van der Waals surface area contributed by atoms with Gasteiger partial charge in [-0.05, 0) is 60.7 Å². The fourth-order valence-electron chi connectivity index (χ4n) is 2.52. The molecule has 3 heteroatoms. The molecule has 2 aromatic carbocycles. The molecule has 0 aliphatic rings. The highest BCUT2D eigenvalue weighted by atomic mass is 16.5. The van der Waals surface area contributed by atoms with Gasteiger partial charge < -0.3 is 10.1 Å². The lowest BCUT2D eigenvalue weighted by Gasteiger charge is -2.13. The van der Waals surface area contributed by atoms with Crippen molar-refractivity contribution in [2.45, 2.75) is 32.6 Å². The van der Waals surface area contributed by atoms with Crippen LogP contribution in [0.25, 0.3) is 0 Å². The minimum Gasteiger partial charge on any atom is -0.457 e. The average Bonchev–Trinajstić information content (AvgIpc) is 2.57. The minimum absolute atomic E-state index is 0.0962. The number of rotatable bonds is 6. The minimum atomic E-state index is -0.0962. The number of benzene rings is 2. The van der Waals surface area contributed by atoms with E-state index in [4.69, 9.17) is 4.74 Å². The van der Waals surface area contributed by atoms with Gasteiger partial charge in [0.25, 0.3) is 5.91 Å². The average molecular weight is 297 g/mol. The molecule has 3 nitrogen and oxygen atoms in total. The Hall–Kier alpha value is -2.29. The Bertz CT molecular complexity index is 598. The van der Waals surface area contributed by atoms with Gasteiger partial charge in [0, 0.05) is 12.6 Å². The Morgan fingerprint density at radius 2 is 1.45 bits per heavy atom. The quantitative estimate of drug-likeness (QED) is 0.836. The molecule has 0 bridgehead atoms. The summed E-state index contributed by atoms with van der Waals surface area (Å²) in [7, 11) is 1.62. The Kier molecular flexibility index (Phi) is 5.59. The van der Waals surface area contributed by atoms with Crippen molar-refractivity contribution in [1.82, 2.24) is 5.32 Å². The highest BCUT2D eigenvalue weighted by Crippen LogP contribution is 2.27. The van der Waals surface area contributed by atoms with Crippen molar-refractivity contribution >= 4 is 5.91 Å². The van der Waals surface area contributed by atoms with Crippen LogP contribution in [0.3, 0.4) is 0 Å². The summed E-state index contributed by atoms with van der Waals surface area (Å²) in [6.45, 7) is 4.43. The van der Waals surface area contributed by atoms with Crippen molar-refractivity contribution in [1.29, 1.82) is 0 Å². The van der Waals surface area contributed by atoms with Crippen LogP contribution in [0.1, 0.15) is 48.5 Å². The summed E-state index contributed by atoms with van der Waals surface area (Å²) in [5, 5.41) is 2.60. The molecule has 2 rings (SSSR count). The largest absolute Gasteiger partial charge is 0.457 e. The molecule has 0 atom stereocenters. The second-order valence-electron chi connectivity index (χ2n) is 5.29. The summed E-state index contributed by atoms with van der Waals surface area (Å²) in [6.07, 6.45) is 2.30. The molecule has 0 aromatic heterocycles. The molecule has 1 N–H and O–H groups in total. The second kappa shape index (κ2) is 7.64. The van der Waals surface area contributed by atoms with E-state index in [-0.39, 0.29) is 5.91 Å². The van der Waals surface area contributed by atoms with Gasteiger partial charge in [-0.3, -0.25) is 4.79 Å². The summed E-state index contributed by atoms with van der Waals surface area (Å²) >= 11 is 0. The van der Waals surface area contributed by atoms with E-state index in [0.29, 0.717) is 11.5 Å². The van der Waals surface area contributed by atoms with E-state index < -0.39 is 0 Å². The molecule has 1 amide bonds. The van der Waals surface area contributed by atoms with Gasteiger partial charge in [-0.1, -0.05) is 26.0 Å². The zero-order valence-corrected chi connectivity index (χ0v) is 13.4. The van der Waals surface area contributed by atoms with E-state index in [9.17, 15) is 4.79 Å². The van der Waals surface area contributed by atoms with E-state index in [2.05, 4.69) is 31.3 Å². The van der Waals surface area contributed by atoms with E-state index >= 15 is 0 Å². The Labute approximate surface area is 132 Å². The highest BCUT2D eigenvalue weighted by molar-refractivity contribution is 5.94. The first-order valence-electron chi connectivity index (χ1n) is 7.77. The van der Waals surface area contributed by atoms with E-state index in [0.717, 1.165) is 24.3 Å². The summed E-state index contributed by atoms with van der Waals surface area (Å²) < 4.78 is 5.82. The lowest BCUT2D eigenvalue weighted by molar-refractivity contribution is 0.0963. The van der Waals surface area contributed by atoms with E-state index in [1.54, 1.807) is 31.3 Å². The first-order chi connectivity index (χ1) is 10.7. The van der Waals surface area contributed by atoms with E-state index in [1.165, 1.54) is 5.56 Å². The molecule has 0 aliphatic heterocycles. The standard InChI is InChI=1S/C19H23NO2/c1-4-14(5-2)15-6-10-17(11-7-15)22-18-12-8-16(9-13-18)19(21)20-3/h6-14H,4-5H2,1-3H3,(H,20,21). The van der Waals surface area contributed by atoms with Crippen molar-refractivity contribution in [3.8, 4) is 11.5 Å². The number of amides is 1. The van der Waals surface area contributed by atoms with Crippen LogP contribution < -0.4 is 10.1 Å². The molecule has 22 heavy (non-hydrogen) atoms. The van der Waals surface area contributed by atoms with Gasteiger partial charge in [-0.15, -0.1) is 0 Å². The maximum atomic E-state index is 11.5. The fraction of sp³-hybridized carbons (Fsp3) is 0.316. The Balaban J connectivity index is 2.06. The summed E-state index contributed by atoms with van der Waals surface area (Å²) in [5.74, 6) is 2.05. The van der Waals surface area contributed by atoms with Gasteiger partial charge in [-0.2, -0.15) is 0 Å². The molecule has 0 spiro atoms. The topological polar surface area (TPSA) is 38.3 Å². The van der Waals surface area contributed by atoms with E-state index in [1.807, 2.05) is 12.1 Å². The van der Waals surface area contributed by atoms with Crippen LogP contribution in [0, 0.1) is 0 Å². The van der Waals surface area contributed by atoms with Gasteiger partial charge in [0.2, 0.25) is 0 Å². The molecule has 0 radical (unpaired) electrons. The molecule has 0 heterocycles. The van der Waals surface area contributed by atoms with Gasteiger partial charge in [0.05, 0.1) is 0 Å². The number of nitrogens with one attached hydrogen (secondary N) is 1. The third-order valence-electron chi connectivity index (χ3n) is 3.92. The SMILES string of the molecule is CCC(CC)c1ccc(Oc2ccc(C(=O)NC)cc2)cc1. The summed E-state index contributed by atoms with van der Waals surface area (Å²) in [5.41, 5.74) is 1.98. The predicted molar refractivity (Wildman–Crippen MR) is 89.7 cm³/mol. The van der Waals surface area contributed by atoms with Gasteiger partial charge in [0.1, 0.15) is 11.5 Å².